The molecule has 0 aliphatic carbocycles. The molecule has 2 heterocycles. The second kappa shape index (κ2) is 9.81. The van der Waals surface area contributed by atoms with E-state index in [-0.39, 0.29) is 35.0 Å². The van der Waals surface area contributed by atoms with Crippen LogP contribution in [0.3, 0.4) is 0 Å². The largest absolute Gasteiger partial charge is 1.00 e. The van der Waals surface area contributed by atoms with Crippen LogP contribution >= 0.6 is 0 Å². The number of aromatic nitrogens is 2. The Hall–Kier alpha value is -2.09. The second-order valence-corrected chi connectivity index (χ2v) is 8.61. The molecule has 166 valence electrons. The molecule has 7 nitrogen and oxygen atoms in total. The fraction of sp³-hybridized carbons (Fsp3) is 0.591. The summed E-state index contributed by atoms with van der Waals surface area (Å²) < 4.78 is 9.78. The highest BCUT2D eigenvalue weighted by molar-refractivity contribution is 5.97. The van der Waals surface area contributed by atoms with Gasteiger partial charge in [-0.15, -0.1) is 0 Å². The van der Waals surface area contributed by atoms with Crippen LogP contribution < -0.4 is 26.9 Å². The molecule has 0 bridgehead atoms. The van der Waals surface area contributed by atoms with Crippen LogP contribution in [0.15, 0.2) is 24.5 Å². The summed E-state index contributed by atoms with van der Waals surface area (Å²) in [5.74, 6) is -0.0606. The molecule has 8 heteroatoms. The highest BCUT2D eigenvalue weighted by atomic mass is 79.9. The van der Waals surface area contributed by atoms with E-state index in [1.807, 2.05) is 39.0 Å². The third-order valence-electron chi connectivity index (χ3n) is 5.30. The molecule has 1 aliphatic heterocycles. The minimum atomic E-state index is -0.493. The summed E-state index contributed by atoms with van der Waals surface area (Å²) in [5, 5.41) is 3.13. The van der Waals surface area contributed by atoms with E-state index >= 15 is 0 Å². The highest BCUT2D eigenvalue weighted by Crippen LogP contribution is 2.17. The minimum absolute atomic E-state index is 0. The van der Waals surface area contributed by atoms with Crippen molar-refractivity contribution in [1.29, 1.82) is 0 Å². The second-order valence-electron chi connectivity index (χ2n) is 8.61. The average Bonchev–Trinajstić information content (AvgIpc) is 3.04. The summed E-state index contributed by atoms with van der Waals surface area (Å²) >= 11 is 0. The lowest BCUT2D eigenvalue weighted by Gasteiger charge is -2.33. The van der Waals surface area contributed by atoms with Gasteiger partial charge in [-0.05, 0) is 59.6 Å². The number of aryl methyl sites for hydroxylation is 2. The normalized spacial score (nSPS) is 15.0. The molecule has 1 aliphatic rings. The first-order chi connectivity index (χ1) is 13.7. The van der Waals surface area contributed by atoms with E-state index in [1.54, 1.807) is 4.90 Å². The molecular weight excluding hydrogens is 448 g/mol. The van der Waals surface area contributed by atoms with Crippen LogP contribution in [0, 0.1) is 0 Å². The number of ether oxygens (including phenoxy) is 1. The Morgan fingerprint density at radius 3 is 2.43 bits per heavy atom. The summed E-state index contributed by atoms with van der Waals surface area (Å²) in [4.78, 5) is 26.7. The molecule has 3 rings (SSSR count). The maximum Gasteiger partial charge on any atom is 0.410 e. The monoisotopic (exact) mass is 480 g/mol. The molecule has 0 atom stereocenters. The summed E-state index contributed by atoms with van der Waals surface area (Å²) in [7, 11) is 0. The fourth-order valence-corrected chi connectivity index (χ4v) is 3.74. The molecule has 0 unspecified atom stereocenters. The van der Waals surface area contributed by atoms with Crippen LogP contribution in [-0.4, -0.2) is 46.2 Å². The number of amides is 2. The first kappa shape index (κ1) is 24.2. The molecular formula is C22H33BrN4O3. The summed E-state index contributed by atoms with van der Waals surface area (Å²) in [6, 6.07) is 5.94. The number of carbonyl (C=O) groups is 2. The van der Waals surface area contributed by atoms with Crippen molar-refractivity contribution in [2.45, 2.75) is 72.2 Å². The first-order valence-corrected chi connectivity index (χ1v) is 10.5. The predicted octanol–water partition coefficient (Wildman–Crippen LogP) is 0.102. The van der Waals surface area contributed by atoms with Crippen molar-refractivity contribution in [2.24, 2.45) is 0 Å². The van der Waals surface area contributed by atoms with Crippen LogP contribution in [0.2, 0.25) is 0 Å². The van der Waals surface area contributed by atoms with Crippen LogP contribution in [0.5, 0.6) is 0 Å². The van der Waals surface area contributed by atoms with Crippen molar-refractivity contribution in [1.82, 2.24) is 14.8 Å². The fourth-order valence-electron chi connectivity index (χ4n) is 3.74. The van der Waals surface area contributed by atoms with E-state index in [0.29, 0.717) is 18.7 Å². The lowest BCUT2D eigenvalue weighted by atomic mass is 10.0. The van der Waals surface area contributed by atoms with Gasteiger partial charge in [-0.25, -0.2) is 13.9 Å². The number of likely N-dealkylation sites (tertiary alicyclic amines) is 1. The lowest BCUT2D eigenvalue weighted by Crippen LogP contribution is -3.00. The molecule has 0 spiro atoms. The molecule has 1 N–H and O–H groups in total. The molecule has 1 aromatic carbocycles. The van der Waals surface area contributed by atoms with Gasteiger partial charge in [0, 0.05) is 30.8 Å². The third-order valence-corrected chi connectivity index (χ3v) is 5.30. The summed E-state index contributed by atoms with van der Waals surface area (Å²) in [6.07, 6.45) is 3.28. The van der Waals surface area contributed by atoms with E-state index in [2.05, 4.69) is 34.6 Å². The van der Waals surface area contributed by atoms with Gasteiger partial charge in [-0.3, -0.25) is 4.79 Å². The Morgan fingerprint density at radius 2 is 1.87 bits per heavy atom. The van der Waals surface area contributed by atoms with E-state index < -0.39 is 5.60 Å². The van der Waals surface area contributed by atoms with Crippen molar-refractivity contribution in [3.05, 3.63) is 30.1 Å². The number of hydrogen-bond donors (Lipinski definition) is 1. The summed E-state index contributed by atoms with van der Waals surface area (Å²) in [6.45, 7) is 12.8. The van der Waals surface area contributed by atoms with E-state index in [4.69, 9.17) is 4.74 Å². The predicted molar refractivity (Wildman–Crippen MR) is 112 cm³/mol. The van der Waals surface area contributed by atoms with E-state index in [0.717, 1.165) is 37.0 Å². The smallest absolute Gasteiger partial charge is 0.410 e. The molecule has 1 saturated heterocycles. The first-order valence-electron chi connectivity index (χ1n) is 10.5. The van der Waals surface area contributed by atoms with E-state index in [1.165, 1.54) is 0 Å². The number of fused-ring (bicyclic) bond motifs is 1. The zero-order valence-electron chi connectivity index (χ0n) is 18.6. The van der Waals surface area contributed by atoms with Gasteiger partial charge in [0.05, 0.1) is 13.1 Å². The number of imidazole rings is 1. The van der Waals surface area contributed by atoms with Crippen molar-refractivity contribution < 1.29 is 35.9 Å². The quantitative estimate of drug-likeness (QED) is 0.631. The van der Waals surface area contributed by atoms with Gasteiger partial charge >= 0.3 is 6.09 Å². The molecule has 30 heavy (non-hydrogen) atoms. The van der Waals surface area contributed by atoms with Crippen molar-refractivity contribution >= 4 is 23.0 Å². The van der Waals surface area contributed by atoms with Gasteiger partial charge in [0.1, 0.15) is 5.60 Å². The third kappa shape index (κ3) is 5.53. The number of nitrogens with zero attached hydrogens (tertiary/aromatic N) is 3. The molecule has 1 fully saturated rings. The number of nitrogens with one attached hydrogen (secondary N) is 1. The van der Waals surface area contributed by atoms with Crippen LogP contribution in [0.25, 0.3) is 11.0 Å². The molecule has 2 aromatic rings. The number of benzene rings is 1. The highest BCUT2D eigenvalue weighted by Gasteiger charge is 2.28. The van der Waals surface area contributed by atoms with Crippen molar-refractivity contribution in [3.8, 4) is 0 Å². The Labute approximate surface area is 189 Å². The Balaban J connectivity index is 0.00000320. The Morgan fingerprint density at radius 1 is 1.20 bits per heavy atom. The lowest BCUT2D eigenvalue weighted by molar-refractivity contribution is -0.668. The zero-order chi connectivity index (χ0) is 21.2. The number of halogens is 1. The van der Waals surface area contributed by atoms with Crippen LogP contribution in [0.4, 0.5) is 4.79 Å². The van der Waals surface area contributed by atoms with Crippen LogP contribution in [-0.2, 0) is 17.8 Å². The number of rotatable bonds is 4. The average molecular weight is 481 g/mol. The van der Waals surface area contributed by atoms with Gasteiger partial charge in [-0.1, -0.05) is 0 Å². The molecule has 2 amide bonds. The Kier molecular flexibility index (Phi) is 7.91. The summed E-state index contributed by atoms with van der Waals surface area (Å²) in [5.41, 5.74) is 2.38. The SMILES string of the molecule is CCn1c[n+](CC)c2ccc(C(=O)NC3CCN(C(=O)OC(C)(C)C)CC3)cc21.[Br-]. The Bertz CT molecular complexity index is 896. The van der Waals surface area contributed by atoms with E-state index in [9.17, 15) is 9.59 Å². The number of piperidine rings is 1. The molecule has 0 saturated carbocycles. The zero-order valence-corrected chi connectivity index (χ0v) is 20.2. The minimum Gasteiger partial charge on any atom is -1.00 e. The van der Waals surface area contributed by atoms with Gasteiger partial charge in [0.25, 0.3) is 5.91 Å². The van der Waals surface area contributed by atoms with Gasteiger partial charge in [0.2, 0.25) is 6.33 Å². The molecule has 0 radical (unpaired) electrons. The van der Waals surface area contributed by atoms with Crippen molar-refractivity contribution in [2.75, 3.05) is 13.1 Å². The van der Waals surface area contributed by atoms with Gasteiger partial charge in [0.15, 0.2) is 11.0 Å². The maximum atomic E-state index is 12.8. The number of carbonyl (C=O) groups excluding carboxylic acids is 2. The number of hydrogen-bond acceptors (Lipinski definition) is 3. The topological polar surface area (TPSA) is 67.5 Å². The van der Waals surface area contributed by atoms with Gasteiger partial charge in [-0.2, -0.15) is 0 Å². The molecule has 1 aromatic heterocycles. The van der Waals surface area contributed by atoms with Crippen molar-refractivity contribution in [3.63, 3.8) is 0 Å². The standard InChI is InChI=1S/C22H32N4O3.BrH/c1-6-24-15-25(7-2)19-14-16(8-9-18(19)24)20(27)23-17-10-12-26(13-11-17)21(28)29-22(3,4)5;/h8-9,14-15,17H,6-7,10-13H2,1-5H3;1H. The van der Waals surface area contributed by atoms with Crippen LogP contribution in [0.1, 0.15) is 57.8 Å². The van der Waals surface area contributed by atoms with Gasteiger partial charge < -0.3 is 31.9 Å². The maximum absolute atomic E-state index is 12.8.